The van der Waals surface area contributed by atoms with E-state index in [-0.39, 0.29) is 9.90 Å². The van der Waals surface area contributed by atoms with E-state index in [4.69, 9.17) is 0 Å². The molecule has 0 nitrogen and oxygen atoms in total. The molecule has 0 aliphatic heterocycles. The highest BCUT2D eigenvalue weighted by Crippen LogP contribution is 2.41. The predicted molar refractivity (Wildman–Crippen MR) is 217 cm³/mol. The summed E-state index contributed by atoms with van der Waals surface area (Å²) in [5.74, 6) is 0. The molecular formula is C48H39P. The van der Waals surface area contributed by atoms with Gasteiger partial charge in [0.25, 0.3) is 0 Å². The lowest BCUT2D eigenvalue weighted by atomic mass is 9.88. The van der Waals surface area contributed by atoms with Crippen molar-refractivity contribution in [3.63, 3.8) is 0 Å². The van der Waals surface area contributed by atoms with E-state index in [9.17, 15) is 0 Å². The lowest BCUT2D eigenvalue weighted by molar-refractivity contribution is 1.56. The molecule has 0 N–H and O–H groups in total. The molecule has 0 aliphatic carbocycles. The fourth-order valence-corrected chi connectivity index (χ4v) is 6.37. The highest BCUT2D eigenvalue weighted by Gasteiger charge is 2.14. The van der Waals surface area contributed by atoms with E-state index in [2.05, 4.69) is 218 Å². The third kappa shape index (κ3) is 7.68. The summed E-state index contributed by atoms with van der Waals surface area (Å²) in [6.07, 6.45) is 0. The maximum absolute atomic E-state index is 2.21. The third-order valence-corrected chi connectivity index (χ3v) is 8.59. The van der Waals surface area contributed by atoms with Gasteiger partial charge in [0.2, 0.25) is 0 Å². The SMILES string of the molecule is P.c1ccc(-c2cccc(-c3ccccc3)c2-c2ccccc2)cc1.c1ccc(-c2cccc(-c3ccccc3)c2-c2ccccc2)cc1. The Kier molecular flexibility index (Phi) is 11.0. The monoisotopic (exact) mass is 646 g/mol. The van der Waals surface area contributed by atoms with E-state index < -0.39 is 0 Å². The third-order valence-electron chi connectivity index (χ3n) is 8.59. The molecule has 1 unspecified atom stereocenters. The molecule has 0 fully saturated rings. The maximum Gasteiger partial charge on any atom is -0.00268 e. The van der Waals surface area contributed by atoms with Gasteiger partial charge in [0, 0.05) is 0 Å². The largest absolute Gasteiger partial charge is 0.153 e. The van der Waals surface area contributed by atoms with Gasteiger partial charge in [-0.15, -0.1) is 0 Å². The van der Waals surface area contributed by atoms with Crippen LogP contribution in [-0.4, -0.2) is 0 Å². The topological polar surface area (TPSA) is 0 Å². The van der Waals surface area contributed by atoms with Gasteiger partial charge >= 0.3 is 0 Å². The average molecular weight is 647 g/mol. The van der Waals surface area contributed by atoms with Crippen LogP contribution in [0.3, 0.4) is 0 Å². The molecule has 0 aromatic heterocycles. The standard InChI is InChI=1S/2C24H18.H3P/c2*1-4-11-19(12-5-1)22-17-10-18-23(20-13-6-2-7-14-20)24(22)21-15-8-3-9-16-21;/h2*1-18H;1H3. The van der Waals surface area contributed by atoms with Crippen molar-refractivity contribution in [2.45, 2.75) is 0 Å². The van der Waals surface area contributed by atoms with Gasteiger partial charge in [-0.25, -0.2) is 0 Å². The van der Waals surface area contributed by atoms with Gasteiger partial charge in [-0.1, -0.05) is 218 Å². The summed E-state index contributed by atoms with van der Waals surface area (Å²) in [4.78, 5) is 0. The lowest BCUT2D eigenvalue weighted by Crippen LogP contribution is -1.90. The molecule has 1 heteroatoms. The summed E-state index contributed by atoms with van der Waals surface area (Å²) >= 11 is 0. The molecule has 0 aliphatic rings. The summed E-state index contributed by atoms with van der Waals surface area (Å²) < 4.78 is 0. The second-order valence-electron chi connectivity index (χ2n) is 11.7. The predicted octanol–water partition coefficient (Wildman–Crippen LogP) is 13.4. The van der Waals surface area contributed by atoms with Crippen molar-refractivity contribution < 1.29 is 0 Å². The minimum Gasteiger partial charge on any atom is -0.153 e. The van der Waals surface area contributed by atoms with E-state index in [1.54, 1.807) is 0 Å². The first-order chi connectivity index (χ1) is 23.9. The summed E-state index contributed by atoms with van der Waals surface area (Å²) in [6, 6.07) is 76.9. The molecule has 49 heavy (non-hydrogen) atoms. The van der Waals surface area contributed by atoms with Crippen LogP contribution in [0.2, 0.25) is 0 Å². The Balaban J connectivity index is 0.000000167. The molecular weight excluding hydrogens is 608 g/mol. The Labute approximate surface area is 294 Å². The van der Waals surface area contributed by atoms with Crippen LogP contribution in [0.5, 0.6) is 0 Å². The zero-order valence-corrected chi connectivity index (χ0v) is 28.9. The van der Waals surface area contributed by atoms with E-state index in [1.807, 2.05) is 0 Å². The van der Waals surface area contributed by atoms with Gasteiger partial charge in [0.15, 0.2) is 0 Å². The van der Waals surface area contributed by atoms with E-state index in [1.165, 1.54) is 66.8 Å². The Morgan fingerprint density at radius 3 is 0.551 bits per heavy atom. The highest BCUT2D eigenvalue weighted by atomic mass is 31.0. The van der Waals surface area contributed by atoms with Gasteiger partial charge in [0.1, 0.15) is 0 Å². The molecule has 0 saturated carbocycles. The summed E-state index contributed by atoms with van der Waals surface area (Å²) in [5, 5.41) is 0. The normalized spacial score (nSPS) is 10.3. The van der Waals surface area contributed by atoms with Gasteiger partial charge in [-0.05, 0) is 66.8 Å². The molecule has 1 atom stereocenters. The summed E-state index contributed by atoms with van der Waals surface area (Å²) in [7, 11) is 0. The second kappa shape index (κ2) is 16.3. The van der Waals surface area contributed by atoms with Crippen LogP contribution in [0.1, 0.15) is 0 Å². The molecule has 8 aromatic rings. The van der Waals surface area contributed by atoms with Gasteiger partial charge in [-0.3, -0.25) is 0 Å². The smallest absolute Gasteiger partial charge is 0.00268 e. The van der Waals surface area contributed by atoms with Crippen LogP contribution in [0, 0.1) is 0 Å². The minimum atomic E-state index is 0. The van der Waals surface area contributed by atoms with E-state index >= 15 is 0 Å². The fourth-order valence-electron chi connectivity index (χ4n) is 6.37. The summed E-state index contributed by atoms with van der Waals surface area (Å²) in [5.41, 5.74) is 15.1. The zero-order chi connectivity index (χ0) is 32.4. The molecule has 0 bridgehead atoms. The molecule has 0 radical (unpaired) electrons. The van der Waals surface area contributed by atoms with Crippen LogP contribution >= 0.6 is 9.90 Å². The molecule has 8 rings (SSSR count). The van der Waals surface area contributed by atoms with Crippen molar-refractivity contribution >= 4 is 9.90 Å². The summed E-state index contributed by atoms with van der Waals surface area (Å²) in [6.45, 7) is 0. The molecule has 236 valence electrons. The number of hydrogen-bond donors (Lipinski definition) is 0. The van der Waals surface area contributed by atoms with Crippen LogP contribution in [0.25, 0.3) is 66.8 Å². The Bertz CT molecular complexity index is 1900. The van der Waals surface area contributed by atoms with Crippen molar-refractivity contribution in [2.75, 3.05) is 0 Å². The van der Waals surface area contributed by atoms with Crippen LogP contribution in [0.4, 0.5) is 0 Å². The molecule has 0 amide bonds. The van der Waals surface area contributed by atoms with Crippen molar-refractivity contribution in [1.82, 2.24) is 0 Å². The average Bonchev–Trinajstić information content (AvgIpc) is 3.19. The lowest BCUT2D eigenvalue weighted by Gasteiger charge is -2.16. The van der Waals surface area contributed by atoms with E-state index in [0.717, 1.165) is 0 Å². The van der Waals surface area contributed by atoms with Crippen molar-refractivity contribution in [3.8, 4) is 66.8 Å². The minimum absolute atomic E-state index is 0. The Morgan fingerprint density at radius 2 is 0.347 bits per heavy atom. The van der Waals surface area contributed by atoms with Gasteiger partial charge in [0.05, 0.1) is 0 Å². The maximum atomic E-state index is 2.21. The van der Waals surface area contributed by atoms with Crippen molar-refractivity contribution in [1.29, 1.82) is 0 Å². The van der Waals surface area contributed by atoms with Crippen LogP contribution in [0.15, 0.2) is 218 Å². The highest BCUT2D eigenvalue weighted by molar-refractivity contribution is 6.92. The second-order valence-corrected chi connectivity index (χ2v) is 11.7. The Hall–Kier alpha value is -5.81. The van der Waals surface area contributed by atoms with Gasteiger partial charge < -0.3 is 0 Å². The van der Waals surface area contributed by atoms with Crippen LogP contribution < -0.4 is 0 Å². The zero-order valence-electron chi connectivity index (χ0n) is 27.5. The molecule has 0 saturated heterocycles. The first-order valence-electron chi connectivity index (χ1n) is 16.5. The quantitative estimate of drug-likeness (QED) is 0.158. The van der Waals surface area contributed by atoms with Crippen molar-refractivity contribution in [3.05, 3.63) is 218 Å². The first-order valence-corrected chi connectivity index (χ1v) is 16.5. The number of hydrogen-bond acceptors (Lipinski definition) is 0. The molecule has 0 heterocycles. The number of rotatable bonds is 6. The van der Waals surface area contributed by atoms with Gasteiger partial charge in [-0.2, -0.15) is 9.90 Å². The first kappa shape index (κ1) is 33.1. The molecule has 0 spiro atoms. The number of benzene rings is 8. The fraction of sp³-hybridized carbons (Fsp3) is 0. The van der Waals surface area contributed by atoms with Crippen molar-refractivity contribution in [2.24, 2.45) is 0 Å². The molecule has 8 aromatic carbocycles. The van der Waals surface area contributed by atoms with E-state index in [0.29, 0.717) is 0 Å². The van der Waals surface area contributed by atoms with Crippen LogP contribution in [-0.2, 0) is 0 Å². The Morgan fingerprint density at radius 1 is 0.163 bits per heavy atom.